The number of hydrogen-bond donors (Lipinski definition) is 1. The molecule has 0 aromatic heterocycles. The van der Waals surface area contributed by atoms with E-state index in [1.807, 2.05) is 0 Å². The van der Waals surface area contributed by atoms with Crippen LogP contribution < -0.4 is 9.47 Å². The van der Waals surface area contributed by atoms with Gasteiger partial charge in [0.2, 0.25) is 0 Å². The average molecular weight is 306 g/mol. The minimum Gasteiger partial charge on any atom is -0.478 e. The van der Waals surface area contributed by atoms with E-state index in [1.54, 1.807) is 0 Å². The molecule has 0 aliphatic rings. The minimum atomic E-state index is -4.97. The smallest absolute Gasteiger partial charge is 0.478 e. The zero-order valence-corrected chi connectivity index (χ0v) is 10.3. The average Bonchev–Trinajstić information content (AvgIpc) is 2.36. The van der Waals surface area contributed by atoms with Crippen LogP contribution in [0.2, 0.25) is 0 Å². The molecule has 0 amide bonds. The van der Waals surface area contributed by atoms with Gasteiger partial charge in [-0.15, -0.1) is 13.2 Å². The zero-order valence-electron chi connectivity index (χ0n) is 10.3. The number of alkyl halides is 3. The van der Waals surface area contributed by atoms with Crippen LogP contribution in [-0.2, 0) is 4.74 Å². The van der Waals surface area contributed by atoms with Gasteiger partial charge in [-0.1, -0.05) is 12.7 Å². The normalized spacial score (nSPS) is 10.6. The molecule has 0 spiro atoms. The third kappa shape index (κ3) is 5.43. The lowest BCUT2D eigenvalue weighted by molar-refractivity contribution is -0.274. The second-order valence-electron chi connectivity index (χ2n) is 3.46. The molecule has 0 bridgehead atoms. The number of carboxylic acids is 1. The molecule has 0 aliphatic carbocycles. The van der Waals surface area contributed by atoms with Gasteiger partial charge in [-0.3, -0.25) is 0 Å². The summed E-state index contributed by atoms with van der Waals surface area (Å²) < 4.78 is 48.7. The molecule has 9 heteroatoms. The molecule has 0 heterocycles. The number of carbonyl (C=O) groups is 2. The molecule has 0 unspecified atom stereocenters. The van der Waals surface area contributed by atoms with E-state index in [1.165, 1.54) is 6.08 Å². The van der Waals surface area contributed by atoms with E-state index in [0.717, 1.165) is 12.1 Å². The lowest BCUT2D eigenvalue weighted by atomic mass is 10.2. The molecule has 6 nitrogen and oxygen atoms in total. The molecule has 0 saturated carbocycles. The molecule has 0 aliphatic heterocycles. The van der Waals surface area contributed by atoms with Crippen molar-refractivity contribution in [2.45, 2.75) is 6.36 Å². The van der Waals surface area contributed by atoms with Crippen molar-refractivity contribution in [2.75, 3.05) is 6.61 Å². The summed E-state index contributed by atoms with van der Waals surface area (Å²) in [5.74, 6) is -2.84. The van der Waals surface area contributed by atoms with Crippen LogP contribution in [0.3, 0.4) is 0 Å². The summed E-state index contributed by atoms with van der Waals surface area (Å²) in [5, 5.41) is 8.89. The monoisotopic (exact) mass is 306 g/mol. The maximum atomic E-state index is 12.0. The van der Waals surface area contributed by atoms with Crippen molar-refractivity contribution in [3.63, 3.8) is 0 Å². The van der Waals surface area contributed by atoms with Gasteiger partial charge < -0.3 is 19.3 Å². The number of rotatable bonds is 5. The zero-order chi connectivity index (χ0) is 16.0. The Hall–Kier alpha value is -2.71. The fraction of sp³-hybridized carbons (Fsp3) is 0.167. The Labute approximate surface area is 116 Å². The molecule has 21 heavy (non-hydrogen) atoms. The second-order valence-corrected chi connectivity index (χ2v) is 3.46. The predicted molar refractivity (Wildman–Crippen MR) is 62.3 cm³/mol. The fourth-order valence-corrected chi connectivity index (χ4v) is 1.21. The highest BCUT2D eigenvalue weighted by Crippen LogP contribution is 2.28. The molecule has 114 valence electrons. The third-order valence-electron chi connectivity index (χ3n) is 1.93. The van der Waals surface area contributed by atoms with Crippen molar-refractivity contribution in [3.05, 3.63) is 36.4 Å². The highest BCUT2D eigenvalue weighted by molar-refractivity contribution is 5.92. The summed E-state index contributed by atoms with van der Waals surface area (Å²) >= 11 is 0. The Morgan fingerprint density at radius 1 is 1.33 bits per heavy atom. The minimum absolute atomic E-state index is 0.170. The first-order chi connectivity index (χ1) is 9.73. The van der Waals surface area contributed by atoms with Gasteiger partial charge in [0, 0.05) is 0 Å². The Bertz CT molecular complexity index is 552. The van der Waals surface area contributed by atoms with Gasteiger partial charge >= 0.3 is 18.5 Å². The van der Waals surface area contributed by atoms with E-state index in [9.17, 15) is 22.8 Å². The standard InChI is InChI=1S/C12H9F3O6/c1-2-5-19-11(18)20-9-4-3-7(21-12(13,14)15)6-8(9)10(16)17/h2-4,6H,1,5H2,(H,16,17). The molecule has 1 aromatic carbocycles. The van der Waals surface area contributed by atoms with Crippen LogP contribution in [0.4, 0.5) is 18.0 Å². The third-order valence-corrected chi connectivity index (χ3v) is 1.93. The van der Waals surface area contributed by atoms with Gasteiger partial charge in [-0.2, -0.15) is 0 Å². The molecule has 0 radical (unpaired) electrons. The van der Waals surface area contributed by atoms with Crippen molar-refractivity contribution in [2.24, 2.45) is 0 Å². The predicted octanol–water partition coefficient (Wildman–Crippen LogP) is 2.98. The van der Waals surface area contributed by atoms with Crippen LogP contribution in [-0.4, -0.2) is 30.2 Å². The van der Waals surface area contributed by atoms with Crippen LogP contribution in [0.25, 0.3) is 0 Å². The van der Waals surface area contributed by atoms with Crippen molar-refractivity contribution >= 4 is 12.1 Å². The van der Waals surface area contributed by atoms with Gasteiger partial charge in [0.25, 0.3) is 0 Å². The Balaban J connectivity index is 2.97. The van der Waals surface area contributed by atoms with Gasteiger partial charge in [0.05, 0.1) is 0 Å². The molecule has 1 rings (SSSR count). The molecular weight excluding hydrogens is 297 g/mol. The Kier molecular flexibility index (Phi) is 5.17. The number of aromatic carboxylic acids is 1. The van der Waals surface area contributed by atoms with Crippen molar-refractivity contribution in [3.8, 4) is 11.5 Å². The van der Waals surface area contributed by atoms with Gasteiger partial charge in [-0.05, 0) is 18.2 Å². The summed E-state index contributed by atoms with van der Waals surface area (Å²) in [7, 11) is 0. The number of hydrogen-bond acceptors (Lipinski definition) is 5. The van der Waals surface area contributed by atoms with E-state index in [2.05, 4.69) is 20.8 Å². The number of benzene rings is 1. The van der Waals surface area contributed by atoms with Crippen LogP contribution >= 0.6 is 0 Å². The highest BCUT2D eigenvalue weighted by Gasteiger charge is 2.31. The molecular formula is C12H9F3O6. The number of carboxylic acid groups (broad SMARTS) is 1. The maximum absolute atomic E-state index is 12.0. The van der Waals surface area contributed by atoms with E-state index in [0.29, 0.717) is 6.07 Å². The SMILES string of the molecule is C=CCOC(=O)Oc1ccc(OC(F)(F)F)cc1C(=O)O. The largest absolute Gasteiger partial charge is 0.573 e. The number of carbonyl (C=O) groups excluding carboxylic acids is 1. The summed E-state index contributed by atoms with van der Waals surface area (Å²) in [6.07, 6.45) is -4.94. The first-order valence-electron chi connectivity index (χ1n) is 5.31. The first kappa shape index (κ1) is 16.3. The fourth-order valence-electron chi connectivity index (χ4n) is 1.21. The molecule has 1 N–H and O–H groups in total. The summed E-state index contributed by atoms with van der Waals surface area (Å²) in [6.45, 7) is 3.11. The first-order valence-corrected chi connectivity index (χ1v) is 5.31. The molecule has 0 fully saturated rings. The van der Waals surface area contributed by atoms with E-state index >= 15 is 0 Å². The Morgan fingerprint density at radius 2 is 2.00 bits per heavy atom. The highest BCUT2D eigenvalue weighted by atomic mass is 19.4. The van der Waals surface area contributed by atoms with Crippen LogP contribution in [0.1, 0.15) is 10.4 Å². The number of ether oxygens (including phenoxy) is 3. The molecule has 0 saturated heterocycles. The van der Waals surface area contributed by atoms with Crippen molar-refractivity contribution < 1.29 is 42.1 Å². The topological polar surface area (TPSA) is 82.1 Å². The lowest BCUT2D eigenvalue weighted by Gasteiger charge is -2.11. The van der Waals surface area contributed by atoms with E-state index in [4.69, 9.17) is 5.11 Å². The summed E-state index contributed by atoms with van der Waals surface area (Å²) in [4.78, 5) is 22.1. The molecule has 1 aromatic rings. The lowest BCUT2D eigenvalue weighted by Crippen LogP contribution is -2.18. The van der Waals surface area contributed by atoms with Crippen LogP contribution in [0, 0.1) is 0 Å². The van der Waals surface area contributed by atoms with Gasteiger partial charge in [0.1, 0.15) is 23.7 Å². The van der Waals surface area contributed by atoms with Crippen LogP contribution in [0.5, 0.6) is 11.5 Å². The summed E-state index contributed by atoms with van der Waals surface area (Å²) in [5.41, 5.74) is -0.688. The van der Waals surface area contributed by atoms with Crippen molar-refractivity contribution in [1.29, 1.82) is 0 Å². The van der Waals surface area contributed by atoms with Gasteiger partial charge in [-0.25, -0.2) is 9.59 Å². The Morgan fingerprint density at radius 3 is 2.52 bits per heavy atom. The summed E-state index contributed by atoms with van der Waals surface area (Å²) in [6, 6.07) is 2.22. The maximum Gasteiger partial charge on any atom is 0.573 e. The van der Waals surface area contributed by atoms with Crippen molar-refractivity contribution in [1.82, 2.24) is 0 Å². The quantitative estimate of drug-likeness (QED) is 0.511. The van der Waals surface area contributed by atoms with Crippen LogP contribution in [0.15, 0.2) is 30.9 Å². The second kappa shape index (κ2) is 6.64. The van der Waals surface area contributed by atoms with Gasteiger partial charge in [0.15, 0.2) is 0 Å². The number of halogens is 3. The van der Waals surface area contributed by atoms with E-state index < -0.39 is 35.5 Å². The molecule has 0 atom stereocenters. The van der Waals surface area contributed by atoms with E-state index in [-0.39, 0.29) is 6.61 Å².